The summed E-state index contributed by atoms with van der Waals surface area (Å²) in [5.74, 6) is 0. The first-order valence-electron chi connectivity index (χ1n) is 19.7. The van der Waals surface area contributed by atoms with Gasteiger partial charge in [0.1, 0.15) is 0 Å². The van der Waals surface area contributed by atoms with Gasteiger partial charge >= 0.3 is 0 Å². The smallest absolute Gasteiger partial charge is 0.0713 e. The molecule has 1 aliphatic rings. The first-order chi connectivity index (χ1) is 28.3. The third-order valence-electron chi connectivity index (χ3n) is 11.9. The molecular weight excluding hydrogens is 689 g/mol. The molecule has 0 N–H and O–H groups in total. The van der Waals surface area contributed by atoms with E-state index in [9.17, 15) is 0 Å². The summed E-state index contributed by atoms with van der Waals surface area (Å²) in [5, 5.41) is 2.43. The molecule has 57 heavy (non-hydrogen) atoms. The molecule has 0 saturated heterocycles. The first kappa shape index (κ1) is 33.0. The van der Waals surface area contributed by atoms with Crippen LogP contribution in [0.4, 0.5) is 17.1 Å². The average Bonchev–Trinajstić information content (AvgIpc) is 3.79. The third-order valence-corrected chi connectivity index (χ3v) is 11.9. The Labute approximate surface area is 333 Å². The van der Waals surface area contributed by atoms with Gasteiger partial charge in [0.2, 0.25) is 0 Å². The third kappa shape index (κ3) is 5.04. The van der Waals surface area contributed by atoms with E-state index < -0.39 is 5.41 Å². The van der Waals surface area contributed by atoms with Crippen LogP contribution in [0, 0.1) is 0 Å². The van der Waals surface area contributed by atoms with E-state index in [1.807, 2.05) is 0 Å². The van der Waals surface area contributed by atoms with E-state index in [1.54, 1.807) is 0 Å². The van der Waals surface area contributed by atoms with Crippen molar-refractivity contribution < 1.29 is 0 Å². The highest BCUT2D eigenvalue weighted by atomic mass is 15.2. The van der Waals surface area contributed by atoms with Crippen molar-refractivity contribution in [1.29, 1.82) is 0 Å². The highest BCUT2D eigenvalue weighted by Gasteiger charge is 2.46. The van der Waals surface area contributed by atoms with Crippen LogP contribution in [-0.2, 0) is 5.41 Å². The number of benzene rings is 9. The molecule has 0 saturated carbocycles. The molecule has 1 aromatic heterocycles. The largest absolute Gasteiger partial charge is 0.309 e. The molecule has 9 aromatic carbocycles. The normalized spacial score (nSPS) is 12.7. The summed E-state index contributed by atoms with van der Waals surface area (Å²) in [6.07, 6.45) is 0. The molecule has 10 aromatic rings. The Hall–Kier alpha value is -7.42. The molecule has 0 aliphatic heterocycles. The van der Waals surface area contributed by atoms with E-state index in [-0.39, 0.29) is 0 Å². The van der Waals surface area contributed by atoms with Crippen molar-refractivity contribution in [3.8, 4) is 27.9 Å². The van der Waals surface area contributed by atoms with E-state index in [0.29, 0.717) is 0 Å². The molecule has 1 heterocycles. The van der Waals surface area contributed by atoms with Gasteiger partial charge in [-0.05, 0) is 87.5 Å². The Kier molecular flexibility index (Phi) is 7.75. The lowest BCUT2D eigenvalue weighted by Gasteiger charge is -2.34. The molecule has 2 heteroatoms. The molecule has 268 valence electrons. The number of fused-ring (bicyclic) bond motifs is 6. The fourth-order valence-electron chi connectivity index (χ4n) is 9.56. The maximum absolute atomic E-state index is 2.50. The highest BCUT2D eigenvalue weighted by Crippen LogP contribution is 2.57. The molecule has 0 amide bonds. The Morgan fingerprint density at radius 1 is 0.368 bits per heavy atom. The van der Waals surface area contributed by atoms with Crippen LogP contribution < -0.4 is 4.90 Å². The number of hydrogen-bond donors (Lipinski definition) is 0. The van der Waals surface area contributed by atoms with Crippen molar-refractivity contribution >= 4 is 38.9 Å². The van der Waals surface area contributed by atoms with Crippen molar-refractivity contribution in [3.05, 3.63) is 253 Å². The van der Waals surface area contributed by atoms with Crippen LogP contribution in [0.5, 0.6) is 0 Å². The Morgan fingerprint density at radius 3 is 1.65 bits per heavy atom. The number of anilines is 3. The summed E-state index contributed by atoms with van der Waals surface area (Å²) >= 11 is 0. The van der Waals surface area contributed by atoms with Gasteiger partial charge in [-0.3, -0.25) is 0 Å². The lowest BCUT2D eigenvalue weighted by atomic mass is 9.68. The van der Waals surface area contributed by atoms with Crippen molar-refractivity contribution in [1.82, 2.24) is 4.57 Å². The SMILES string of the molecule is c1ccc(-c2ccccc2N(c2ccc3c(c2)-c2ccccc2C3(c2ccccc2)c2ccccc2)c2cccc3c2c2ccccc2n3-c2ccccc2)cc1. The Bertz CT molecular complexity index is 3020. The van der Waals surface area contributed by atoms with Gasteiger partial charge in [0, 0.05) is 27.7 Å². The second-order valence-electron chi connectivity index (χ2n) is 14.8. The van der Waals surface area contributed by atoms with E-state index in [2.05, 4.69) is 240 Å². The molecule has 0 unspecified atom stereocenters. The average molecular weight is 727 g/mol. The van der Waals surface area contributed by atoms with Crippen molar-refractivity contribution in [2.75, 3.05) is 4.90 Å². The van der Waals surface area contributed by atoms with Gasteiger partial charge in [-0.1, -0.05) is 182 Å². The van der Waals surface area contributed by atoms with Crippen LogP contribution in [0.2, 0.25) is 0 Å². The molecule has 0 bridgehead atoms. The van der Waals surface area contributed by atoms with Gasteiger partial charge in [-0.25, -0.2) is 0 Å². The second kappa shape index (κ2) is 13.4. The summed E-state index contributed by atoms with van der Waals surface area (Å²) in [5.41, 5.74) is 16.4. The van der Waals surface area contributed by atoms with Crippen LogP contribution in [-0.4, -0.2) is 4.57 Å². The summed E-state index contributed by atoms with van der Waals surface area (Å²) in [4.78, 5) is 2.50. The fourth-order valence-corrected chi connectivity index (χ4v) is 9.56. The fraction of sp³-hybridized carbons (Fsp3) is 0.0182. The minimum atomic E-state index is -0.469. The van der Waals surface area contributed by atoms with E-state index >= 15 is 0 Å². The van der Waals surface area contributed by atoms with Crippen molar-refractivity contribution in [2.45, 2.75) is 5.41 Å². The summed E-state index contributed by atoms with van der Waals surface area (Å²) in [6.45, 7) is 0. The molecule has 0 atom stereocenters. The van der Waals surface area contributed by atoms with Crippen LogP contribution >= 0.6 is 0 Å². The van der Waals surface area contributed by atoms with Gasteiger partial charge in [0.15, 0.2) is 0 Å². The van der Waals surface area contributed by atoms with E-state index in [0.717, 1.165) is 22.7 Å². The topological polar surface area (TPSA) is 8.17 Å². The van der Waals surface area contributed by atoms with Crippen molar-refractivity contribution in [2.24, 2.45) is 0 Å². The Balaban J connectivity index is 1.23. The first-order valence-corrected chi connectivity index (χ1v) is 19.7. The predicted octanol–water partition coefficient (Wildman–Crippen LogP) is 14.3. The maximum atomic E-state index is 2.50. The lowest BCUT2D eigenvalue weighted by Crippen LogP contribution is -2.28. The minimum Gasteiger partial charge on any atom is -0.309 e. The zero-order valence-corrected chi connectivity index (χ0v) is 31.3. The number of nitrogens with zero attached hydrogens (tertiary/aromatic N) is 2. The van der Waals surface area contributed by atoms with E-state index in [4.69, 9.17) is 0 Å². The number of aromatic nitrogens is 1. The Morgan fingerprint density at radius 2 is 0.912 bits per heavy atom. The van der Waals surface area contributed by atoms with Gasteiger partial charge < -0.3 is 9.47 Å². The van der Waals surface area contributed by atoms with Gasteiger partial charge in [-0.2, -0.15) is 0 Å². The standard InChI is InChI=1S/C55H38N2/c1-5-20-39(21-6-1)44-28-14-17-32-50(44)57(53-35-19-34-52-54(53)46-30-15-18-33-51(46)56(52)42-26-11-4-12-27-42)43-36-37-49-47(38-43)45-29-13-16-31-48(45)55(49,40-22-7-2-8-23-40)41-24-9-3-10-25-41/h1-38H. The lowest BCUT2D eigenvalue weighted by molar-refractivity contribution is 0.768. The van der Waals surface area contributed by atoms with Crippen LogP contribution in [0.3, 0.4) is 0 Å². The molecule has 0 radical (unpaired) electrons. The quantitative estimate of drug-likeness (QED) is 0.159. The molecule has 11 rings (SSSR count). The van der Waals surface area contributed by atoms with Crippen molar-refractivity contribution in [3.63, 3.8) is 0 Å². The zero-order chi connectivity index (χ0) is 37.8. The summed E-state index contributed by atoms with van der Waals surface area (Å²) in [7, 11) is 0. The molecular formula is C55H38N2. The van der Waals surface area contributed by atoms with Crippen LogP contribution in [0.25, 0.3) is 49.7 Å². The summed E-state index contributed by atoms with van der Waals surface area (Å²) < 4.78 is 2.41. The zero-order valence-electron chi connectivity index (χ0n) is 31.3. The predicted molar refractivity (Wildman–Crippen MR) is 238 cm³/mol. The monoisotopic (exact) mass is 726 g/mol. The number of para-hydroxylation sites is 3. The van der Waals surface area contributed by atoms with Gasteiger partial charge in [0.25, 0.3) is 0 Å². The van der Waals surface area contributed by atoms with Gasteiger partial charge in [-0.15, -0.1) is 0 Å². The van der Waals surface area contributed by atoms with Crippen LogP contribution in [0.1, 0.15) is 22.3 Å². The molecule has 0 fully saturated rings. The maximum Gasteiger partial charge on any atom is 0.0713 e. The second-order valence-corrected chi connectivity index (χ2v) is 14.8. The summed E-state index contributed by atoms with van der Waals surface area (Å²) in [6, 6.07) is 84.2. The minimum absolute atomic E-state index is 0.469. The molecule has 1 aliphatic carbocycles. The highest BCUT2D eigenvalue weighted by molar-refractivity contribution is 6.17. The molecule has 0 spiro atoms. The van der Waals surface area contributed by atoms with E-state index in [1.165, 1.54) is 66.3 Å². The number of hydrogen-bond acceptors (Lipinski definition) is 1. The van der Waals surface area contributed by atoms with Crippen LogP contribution in [0.15, 0.2) is 231 Å². The molecule has 2 nitrogen and oxygen atoms in total. The van der Waals surface area contributed by atoms with Gasteiger partial charge in [0.05, 0.1) is 27.8 Å². The number of rotatable bonds is 7.